The van der Waals surface area contributed by atoms with Gasteiger partial charge in [-0.15, -0.1) is 0 Å². The number of nitrogens with zero attached hydrogens (tertiary/aromatic N) is 1. The third-order valence-corrected chi connectivity index (χ3v) is 6.14. The molecule has 2 aromatic carbocycles. The van der Waals surface area contributed by atoms with E-state index in [0.29, 0.717) is 19.6 Å². The minimum Gasteiger partial charge on any atom is -0.360 e. The second-order valence-electron chi connectivity index (χ2n) is 5.94. The molecule has 2 N–H and O–H groups in total. The Morgan fingerprint density at radius 3 is 2.42 bits per heavy atom. The van der Waals surface area contributed by atoms with Gasteiger partial charge in [0.2, 0.25) is 10.0 Å². The lowest BCUT2D eigenvalue weighted by Gasteiger charge is -2.27. The summed E-state index contributed by atoms with van der Waals surface area (Å²) in [6.45, 7) is 2.63. The van der Waals surface area contributed by atoms with Gasteiger partial charge in [-0.1, -0.05) is 48.0 Å². The zero-order valence-corrected chi connectivity index (χ0v) is 14.4. The summed E-state index contributed by atoms with van der Waals surface area (Å²) in [4.78, 5) is 0.279. The first-order chi connectivity index (χ1) is 11.5. The Morgan fingerprint density at radius 1 is 1.12 bits per heavy atom. The number of ether oxygens (including phenoxy) is 1. The Morgan fingerprint density at radius 2 is 1.79 bits per heavy atom. The van der Waals surface area contributed by atoms with Crippen molar-refractivity contribution in [2.45, 2.75) is 30.5 Å². The van der Waals surface area contributed by atoms with Gasteiger partial charge in [-0.05, 0) is 31.2 Å². The highest BCUT2D eigenvalue weighted by Crippen LogP contribution is 2.36. The minimum absolute atomic E-state index is 0.279. The Kier molecular flexibility index (Phi) is 5.01. The van der Waals surface area contributed by atoms with E-state index in [1.807, 2.05) is 37.3 Å². The summed E-state index contributed by atoms with van der Waals surface area (Å²) in [7, 11) is -3.67. The molecule has 0 aromatic heterocycles. The smallest absolute Gasteiger partial charge is 0.245 e. The molecular weight excluding hydrogens is 324 g/mol. The van der Waals surface area contributed by atoms with Crippen LogP contribution in [-0.2, 0) is 14.8 Å². The summed E-state index contributed by atoms with van der Waals surface area (Å²) in [5.74, 6) is 0. The predicted molar refractivity (Wildman–Crippen MR) is 92.8 cm³/mol. The number of hydrogen-bond donors (Lipinski definition) is 1. The largest absolute Gasteiger partial charge is 0.360 e. The molecule has 6 heteroatoms. The average molecular weight is 346 g/mol. The third kappa shape index (κ3) is 3.23. The van der Waals surface area contributed by atoms with Gasteiger partial charge in [-0.2, -0.15) is 4.31 Å². The van der Waals surface area contributed by atoms with Crippen molar-refractivity contribution >= 4 is 10.0 Å². The Bertz CT molecular complexity index is 776. The van der Waals surface area contributed by atoms with Crippen molar-refractivity contribution in [3.05, 3.63) is 65.7 Å². The van der Waals surface area contributed by atoms with E-state index in [2.05, 4.69) is 0 Å². The van der Waals surface area contributed by atoms with Gasteiger partial charge in [-0.25, -0.2) is 8.42 Å². The van der Waals surface area contributed by atoms with Gasteiger partial charge in [-0.3, -0.25) is 0 Å². The van der Waals surface area contributed by atoms with E-state index >= 15 is 0 Å². The first-order valence-corrected chi connectivity index (χ1v) is 9.45. The molecule has 3 rings (SSSR count). The van der Waals surface area contributed by atoms with Crippen LogP contribution in [0.5, 0.6) is 0 Å². The van der Waals surface area contributed by atoms with Crippen LogP contribution in [0.4, 0.5) is 0 Å². The first kappa shape index (κ1) is 17.1. The number of benzene rings is 2. The SMILES string of the molecule is Cc1ccc(S(=O)(=O)N2[C@H](CCN)OC[C@H]2c2ccccc2)cc1. The Balaban J connectivity index is 2.02. The van der Waals surface area contributed by atoms with E-state index in [9.17, 15) is 8.42 Å². The summed E-state index contributed by atoms with van der Waals surface area (Å²) >= 11 is 0. The van der Waals surface area contributed by atoms with E-state index in [1.165, 1.54) is 4.31 Å². The first-order valence-electron chi connectivity index (χ1n) is 8.01. The predicted octanol–water partition coefficient (Wildman–Crippen LogP) is 2.43. The van der Waals surface area contributed by atoms with Crippen LogP contribution in [0, 0.1) is 6.92 Å². The lowest BCUT2D eigenvalue weighted by molar-refractivity contribution is 0.0633. The van der Waals surface area contributed by atoms with E-state index in [4.69, 9.17) is 10.5 Å². The molecule has 0 amide bonds. The van der Waals surface area contributed by atoms with Crippen molar-refractivity contribution in [2.75, 3.05) is 13.2 Å². The summed E-state index contributed by atoms with van der Waals surface area (Å²) in [6.07, 6.45) is -0.0689. The van der Waals surface area contributed by atoms with Crippen molar-refractivity contribution in [1.82, 2.24) is 4.31 Å². The van der Waals surface area contributed by atoms with E-state index < -0.39 is 16.3 Å². The van der Waals surface area contributed by atoms with Crippen molar-refractivity contribution in [1.29, 1.82) is 0 Å². The van der Waals surface area contributed by atoms with Crippen molar-refractivity contribution in [2.24, 2.45) is 5.73 Å². The normalized spacial score (nSPS) is 21.9. The molecule has 24 heavy (non-hydrogen) atoms. The molecule has 0 spiro atoms. The molecule has 0 unspecified atom stereocenters. The van der Waals surface area contributed by atoms with E-state index in [0.717, 1.165) is 11.1 Å². The quantitative estimate of drug-likeness (QED) is 0.902. The van der Waals surface area contributed by atoms with Gasteiger partial charge in [0.1, 0.15) is 6.23 Å². The number of aryl methyl sites for hydroxylation is 1. The topological polar surface area (TPSA) is 72.6 Å². The molecule has 2 aromatic rings. The van der Waals surface area contributed by atoms with Crippen LogP contribution in [0.15, 0.2) is 59.5 Å². The molecule has 0 saturated carbocycles. The second-order valence-corrected chi connectivity index (χ2v) is 7.78. The van der Waals surface area contributed by atoms with Crippen LogP contribution < -0.4 is 5.73 Å². The Labute approximate surface area is 143 Å². The molecule has 0 radical (unpaired) electrons. The highest BCUT2D eigenvalue weighted by atomic mass is 32.2. The fourth-order valence-corrected chi connectivity index (χ4v) is 4.69. The minimum atomic E-state index is -3.67. The lowest BCUT2D eigenvalue weighted by Crippen LogP contribution is -2.39. The van der Waals surface area contributed by atoms with Crippen LogP contribution in [0.25, 0.3) is 0 Å². The summed E-state index contributed by atoms with van der Waals surface area (Å²) in [5.41, 5.74) is 7.60. The fraction of sp³-hybridized carbons (Fsp3) is 0.333. The fourth-order valence-electron chi connectivity index (χ4n) is 2.98. The number of nitrogens with two attached hydrogens (primary N) is 1. The van der Waals surface area contributed by atoms with E-state index in [1.54, 1.807) is 24.3 Å². The maximum atomic E-state index is 13.2. The monoisotopic (exact) mass is 346 g/mol. The summed E-state index contributed by atoms with van der Waals surface area (Å²) in [5, 5.41) is 0. The number of hydrogen-bond acceptors (Lipinski definition) is 4. The molecule has 2 atom stereocenters. The summed E-state index contributed by atoms with van der Waals surface area (Å²) < 4.78 is 33.7. The maximum absolute atomic E-state index is 13.2. The van der Waals surface area contributed by atoms with Crippen molar-refractivity contribution in [3.63, 3.8) is 0 Å². The molecular formula is C18H22N2O3S. The maximum Gasteiger partial charge on any atom is 0.245 e. The molecule has 0 aliphatic carbocycles. The molecule has 1 heterocycles. The van der Waals surface area contributed by atoms with Gasteiger partial charge in [0.05, 0.1) is 17.5 Å². The van der Waals surface area contributed by atoms with Gasteiger partial charge in [0.15, 0.2) is 0 Å². The van der Waals surface area contributed by atoms with Gasteiger partial charge < -0.3 is 10.5 Å². The molecule has 1 fully saturated rings. The third-order valence-electron chi connectivity index (χ3n) is 4.23. The number of rotatable bonds is 5. The zero-order chi connectivity index (χ0) is 17.2. The molecule has 0 bridgehead atoms. The van der Waals surface area contributed by atoms with Crippen molar-refractivity contribution < 1.29 is 13.2 Å². The molecule has 1 saturated heterocycles. The van der Waals surface area contributed by atoms with Gasteiger partial charge >= 0.3 is 0 Å². The molecule has 1 aliphatic heterocycles. The highest BCUT2D eigenvalue weighted by Gasteiger charge is 2.43. The van der Waals surface area contributed by atoms with Crippen LogP contribution in [0.1, 0.15) is 23.6 Å². The molecule has 5 nitrogen and oxygen atoms in total. The van der Waals surface area contributed by atoms with Crippen LogP contribution in [-0.4, -0.2) is 32.1 Å². The second kappa shape index (κ2) is 7.03. The standard InChI is InChI=1S/C18H22N2O3S/c1-14-7-9-16(10-8-14)24(21,22)20-17(13-23-18(20)11-12-19)15-5-3-2-4-6-15/h2-10,17-18H,11-13,19H2,1H3/t17-,18-/m0/s1. The van der Waals surface area contributed by atoms with Gasteiger partial charge in [0, 0.05) is 6.42 Å². The highest BCUT2D eigenvalue weighted by molar-refractivity contribution is 7.89. The average Bonchev–Trinajstić information content (AvgIpc) is 3.01. The lowest BCUT2D eigenvalue weighted by atomic mass is 10.1. The van der Waals surface area contributed by atoms with Crippen molar-refractivity contribution in [3.8, 4) is 0 Å². The molecule has 128 valence electrons. The van der Waals surface area contributed by atoms with E-state index in [-0.39, 0.29) is 10.9 Å². The number of sulfonamides is 1. The van der Waals surface area contributed by atoms with Gasteiger partial charge in [0.25, 0.3) is 0 Å². The van der Waals surface area contributed by atoms with Crippen LogP contribution in [0.3, 0.4) is 0 Å². The van der Waals surface area contributed by atoms with Crippen LogP contribution >= 0.6 is 0 Å². The molecule has 1 aliphatic rings. The Hall–Kier alpha value is -1.73. The summed E-state index contributed by atoms with van der Waals surface area (Å²) in [6, 6.07) is 16.1. The zero-order valence-electron chi connectivity index (χ0n) is 13.6. The van der Waals surface area contributed by atoms with Crippen LogP contribution in [0.2, 0.25) is 0 Å².